The maximum atomic E-state index is 12.3. The van der Waals surface area contributed by atoms with Gasteiger partial charge in [-0.2, -0.15) is 0 Å². The van der Waals surface area contributed by atoms with Crippen LogP contribution in [-0.4, -0.2) is 31.5 Å². The summed E-state index contributed by atoms with van der Waals surface area (Å²) in [5, 5.41) is 0.518. The number of halogens is 1. The van der Waals surface area contributed by atoms with E-state index in [9.17, 15) is 8.42 Å². The highest BCUT2D eigenvalue weighted by Crippen LogP contribution is 2.18. The maximum absolute atomic E-state index is 12.3. The summed E-state index contributed by atoms with van der Waals surface area (Å²) in [6, 6.07) is 8.77. The van der Waals surface area contributed by atoms with Crippen molar-refractivity contribution in [1.82, 2.24) is 14.7 Å². The highest BCUT2D eigenvalue weighted by Gasteiger charge is 2.17. The van der Waals surface area contributed by atoms with Crippen LogP contribution in [0, 0.1) is 6.92 Å². The molecule has 0 radical (unpaired) electrons. The summed E-state index contributed by atoms with van der Waals surface area (Å²) in [5.41, 5.74) is 1.48. The first-order chi connectivity index (χ1) is 11.9. The highest BCUT2D eigenvalue weighted by atomic mass is 35.5. The van der Waals surface area contributed by atoms with Crippen LogP contribution in [0.1, 0.15) is 29.9 Å². The Morgan fingerprint density at radius 2 is 1.96 bits per heavy atom. The van der Waals surface area contributed by atoms with Gasteiger partial charge in [0.1, 0.15) is 11.6 Å². The Balaban J connectivity index is 1.67. The minimum Gasteiger partial charge on any atom is -0.357 e. The van der Waals surface area contributed by atoms with Gasteiger partial charge in [-0.05, 0) is 37.5 Å². The van der Waals surface area contributed by atoms with Crippen molar-refractivity contribution < 1.29 is 8.42 Å². The van der Waals surface area contributed by atoms with Gasteiger partial charge in [0.25, 0.3) is 0 Å². The number of nitrogens with zero attached hydrogens (tertiary/aromatic N) is 3. The molecular weight excluding hydrogens is 360 g/mol. The molecule has 0 unspecified atom stereocenters. The fourth-order valence-corrected chi connectivity index (χ4v) is 4.15. The molecule has 1 saturated heterocycles. The van der Waals surface area contributed by atoms with Crippen LogP contribution < -0.4 is 9.62 Å². The van der Waals surface area contributed by atoms with E-state index in [1.807, 2.05) is 13.0 Å². The molecule has 0 atom stereocenters. The van der Waals surface area contributed by atoms with Crippen LogP contribution in [-0.2, 0) is 22.3 Å². The van der Waals surface area contributed by atoms with Crippen LogP contribution in [0.4, 0.5) is 5.82 Å². The second-order valence-electron chi connectivity index (χ2n) is 6.19. The third-order valence-corrected chi connectivity index (χ3v) is 5.55. The topological polar surface area (TPSA) is 75.2 Å². The van der Waals surface area contributed by atoms with Gasteiger partial charge in [-0.15, -0.1) is 0 Å². The van der Waals surface area contributed by atoms with Gasteiger partial charge in [-0.25, -0.2) is 23.1 Å². The Morgan fingerprint density at radius 1 is 1.20 bits per heavy atom. The quantitative estimate of drug-likeness (QED) is 0.833. The highest BCUT2D eigenvalue weighted by molar-refractivity contribution is 7.88. The number of rotatable bonds is 6. The molecule has 0 amide bonds. The second-order valence-corrected chi connectivity index (χ2v) is 8.43. The fourth-order valence-electron chi connectivity index (χ4n) is 2.87. The molecule has 2 heterocycles. The molecule has 1 aliphatic rings. The van der Waals surface area contributed by atoms with E-state index in [4.69, 9.17) is 11.6 Å². The minimum atomic E-state index is -3.50. The third kappa shape index (κ3) is 5.14. The molecule has 0 aliphatic carbocycles. The summed E-state index contributed by atoms with van der Waals surface area (Å²) in [6.07, 6.45) is 2.31. The van der Waals surface area contributed by atoms with Crippen molar-refractivity contribution in [2.45, 2.75) is 32.1 Å². The van der Waals surface area contributed by atoms with Crippen molar-refractivity contribution >= 4 is 27.4 Å². The largest absolute Gasteiger partial charge is 0.357 e. The van der Waals surface area contributed by atoms with Crippen LogP contribution in [0.3, 0.4) is 0 Å². The van der Waals surface area contributed by atoms with E-state index in [-0.39, 0.29) is 12.3 Å². The molecule has 1 aromatic carbocycles. The summed E-state index contributed by atoms with van der Waals surface area (Å²) in [7, 11) is -3.50. The van der Waals surface area contributed by atoms with Gasteiger partial charge < -0.3 is 4.90 Å². The summed E-state index contributed by atoms with van der Waals surface area (Å²) in [6.45, 7) is 3.93. The number of aromatic nitrogens is 2. The summed E-state index contributed by atoms with van der Waals surface area (Å²) >= 11 is 5.90. The molecule has 1 aliphatic heterocycles. The van der Waals surface area contributed by atoms with Gasteiger partial charge in [0.05, 0.1) is 12.3 Å². The van der Waals surface area contributed by atoms with E-state index in [1.54, 1.807) is 24.3 Å². The minimum absolute atomic E-state index is 0.0748. The Hall–Kier alpha value is -1.70. The average molecular weight is 381 g/mol. The first-order valence-corrected chi connectivity index (χ1v) is 10.3. The Bertz CT molecular complexity index is 851. The lowest BCUT2D eigenvalue weighted by Gasteiger charge is -2.17. The van der Waals surface area contributed by atoms with E-state index in [0.717, 1.165) is 37.4 Å². The van der Waals surface area contributed by atoms with E-state index in [1.165, 1.54) is 0 Å². The summed E-state index contributed by atoms with van der Waals surface area (Å²) in [5.74, 6) is 1.23. The molecule has 8 heteroatoms. The standard InChI is InChI=1S/C17H21ClN4O2S/c1-13-9-17(22-7-2-3-8-22)21-16(20-13)11-19-25(23,24)12-14-5-4-6-15(18)10-14/h4-6,9-10,19H,2-3,7-8,11-12H2,1H3. The predicted molar refractivity (Wildman–Crippen MR) is 99.1 cm³/mol. The van der Waals surface area contributed by atoms with Crippen LogP contribution >= 0.6 is 11.6 Å². The maximum Gasteiger partial charge on any atom is 0.216 e. The molecule has 0 spiro atoms. The molecule has 6 nitrogen and oxygen atoms in total. The number of hydrogen-bond acceptors (Lipinski definition) is 5. The molecule has 1 fully saturated rings. The number of anilines is 1. The lowest BCUT2D eigenvalue weighted by Crippen LogP contribution is -2.27. The van der Waals surface area contributed by atoms with Gasteiger partial charge >= 0.3 is 0 Å². The zero-order valence-electron chi connectivity index (χ0n) is 14.1. The van der Waals surface area contributed by atoms with Crippen LogP contribution in [0.5, 0.6) is 0 Å². The van der Waals surface area contributed by atoms with Gasteiger partial charge in [-0.3, -0.25) is 0 Å². The Morgan fingerprint density at radius 3 is 2.68 bits per heavy atom. The SMILES string of the molecule is Cc1cc(N2CCCC2)nc(CNS(=O)(=O)Cc2cccc(Cl)c2)n1. The molecule has 134 valence electrons. The Kier molecular flexibility index (Phi) is 5.56. The van der Waals surface area contributed by atoms with Crippen molar-refractivity contribution in [2.24, 2.45) is 0 Å². The van der Waals surface area contributed by atoms with E-state index < -0.39 is 10.0 Å². The fraction of sp³-hybridized carbons (Fsp3) is 0.412. The Labute approximate surface area is 153 Å². The number of aryl methyl sites for hydroxylation is 1. The molecule has 1 N–H and O–H groups in total. The molecule has 1 aromatic heterocycles. The normalized spacial score (nSPS) is 14.9. The lowest BCUT2D eigenvalue weighted by molar-refractivity contribution is 0.578. The number of sulfonamides is 1. The lowest BCUT2D eigenvalue weighted by atomic mass is 10.2. The monoisotopic (exact) mass is 380 g/mol. The molecule has 0 bridgehead atoms. The first kappa shape index (κ1) is 18.1. The molecule has 0 saturated carbocycles. The van der Waals surface area contributed by atoms with Crippen molar-refractivity contribution in [1.29, 1.82) is 0 Å². The van der Waals surface area contributed by atoms with Gasteiger partial charge in [0, 0.05) is 29.9 Å². The smallest absolute Gasteiger partial charge is 0.216 e. The van der Waals surface area contributed by atoms with Crippen LogP contribution in [0.15, 0.2) is 30.3 Å². The molecule has 25 heavy (non-hydrogen) atoms. The number of hydrogen-bond donors (Lipinski definition) is 1. The second kappa shape index (κ2) is 7.68. The van der Waals surface area contributed by atoms with E-state index in [2.05, 4.69) is 19.6 Å². The predicted octanol–water partition coefficient (Wildman–Crippen LogP) is 2.66. The van der Waals surface area contributed by atoms with E-state index >= 15 is 0 Å². The number of nitrogens with one attached hydrogen (secondary N) is 1. The van der Waals surface area contributed by atoms with Gasteiger partial charge in [0.15, 0.2) is 0 Å². The van der Waals surface area contributed by atoms with Crippen molar-refractivity contribution in [3.63, 3.8) is 0 Å². The third-order valence-electron chi connectivity index (χ3n) is 4.01. The average Bonchev–Trinajstić information content (AvgIpc) is 3.07. The molecule has 3 rings (SSSR count). The zero-order chi connectivity index (χ0) is 17.9. The summed E-state index contributed by atoms with van der Waals surface area (Å²) < 4.78 is 27.2. The first-order valence-electron chi connectivity index (χ1n) is 8.22. The van der Waals surface area contributed by atoms with Crippen molar-refractivity contribution in [3.8, 4) is 0 Å². The van der Waals surface area contributed by atoms with Crippen molar-refractivity contribution in [3.05, 3.63) is 52.4 Å². The van der Waals surface area contributed by atoms with E-state index in [0.29, 0.717) is 16.4 Å². The van der Waals surface area contributed by atoms with Gasteiger partial charge in [-0.1, -0.05) is 23.7 Å². The molecular formula is C17H21ClN4O2S. The summed E-state index contributed by atoms with van der Waals surface area (Å²) in [4.78, 5) is 11.1. The molecule has 2 aromatic rings. The number of benzene rings is 1. The van der Waals surface area contributed by atoms with Crippen LogP contribution in [0.2, 0.25) is 5.02 Å². The van der Waals surface area contributed by atoms with Crippen molar-refractivity contribution in [2.75, 3.05) is 18.0 Å². The zero-order valence-corrected chi connectivity index (χ0v) is 15.6. The van der Waals surface area contributed by atoms with Crippen LogP contribution in [0.25, 0.3) is 0 Å². The van der Waals surface area contributed by atoms with Gasteiger partial charge in [0.2, 0.25) is 10.0 Å².